The summed E-state index contributed by atoms with van der Waals surface area (Å²) in [5.41, 5.74) is 1.43. The Hall–Kier alpha value is -2.42. The second-order valence-corrected chi connectivity index (χ2v) is 9.86. The minimum Gasteiger partial charge on any atom is -0.348 e. The molecule has 7 nitrogen and oxygen atoms in total. The lowest BCUT2D eigenvalue weighted by Crippen LogP contribution is -2.45. The van der Waals surface area contributed by atoms with E-state index in [1.165, 1.54) is 16.4 Å². The molecule has 1 aliphatic heterocycles. The lowest BCUT2D eigenvalue weighted by atomic mass is 10.0. The molecule has 2 N–H and O–H groups in total. The van der Waals surface area contributed by atoms with Crippen LogP contribution in [0.1, 0.15) is 31.2 Å². The number of aryl methyl sites for hydroxylation is 1. The number of nitrogens with zero attached hydrogens (tertiary/aromatic N) is 1. The zero-order valence-electron chi connectivity index (χ0n) is 17.3. The number of nitrogens with one attached hydrogen (secondary N) is 2. The van der Waals surface area contributed by atoms with E-state index in [2.05, 4.69) is 10.6 Å². The highest BCUT2D eigenvalue weighted by atomic mass is 35.5. The molecule has 31 heavy (non-hydrogen) atoms. The number of para-hydroxylation sites is 1. The molecule has 1 atom stereocenters. The average Bonchev–Trinajstić information content (AvgIpc) is 2.76. The summed E-state index contributed by atoms with van der Waals surface area (Å²) in [7, 11) is -3.66. The van der Waals surface area contributed by atoms with Crippen molar-refractivity contribution in [2.45, 2.75) is 43.5 Å². The van der Waals surface area contributed by atoms with Gasteiger partial charge in [0.1, 0.15) is 0 Å². The second kappa shape index (κ2) is 10.3. The van der Waals surface area contributed by atoms with Crippen LogP contribution in [0.4, 0.5) is 5.69 Å². The maximum atomic E-state index is 13.1. The first-order chi connectivity index (χ1) is 14.8. The van der Waals surface area contributed by atoms with E-state index < -0.39 is 21.8 Å². The zero-order chi connectivity index (χ0) is 22.4. The molecule has 166 valence electrons. The molecule has 0 unspecified atom stereocenters. The number of benzene rings is 2. The molecular weight excluding hydrogens is 438 g/mol. The number of rotatable bonds is 6. The van der Waals surface area contributed by atoms with Gasteiger partial charge in [0, 0.05) is 29.8 Å². The lowest BCUT2D eigenvalue weighted by molar-refractivity contribution is -0.136. The molecule has 0 bridgehead atoms. The van der Waals surface area contributed by atoms with Crippen LogP contribution in [0, 0.1) is 6.92 Å². The SMILES string of the molecule is Cc1ccccc1NC(=O)C(=O)NCC[C@H]1CCCCN1S(=O)(=O)c1ccc(Cl)cc1. The summed E-state index contributed by atoms with van der Waals surface area (Å²) in [6, 6.07) is 13.1. The van der Waals surface area contributed by atoms with Crippen molar-refractivity contribution < 1.29 is 18.0 Å². The van der Waals surface area contributed by atoms with Crippen LogP contribution in [-0.4, -0.2) is 43.7 Å². The van der Waals surface area contributed by atoms with Crippen molar-refractivity contribution in [3.05, 3.63) is 59.1 Å². The Morgan fingerprint density at radius 2 is 1.77 bits per heavy atom. The predicted octanol–water partition coefficient (Wildman–Crippen LogP) is 3.34. The first kappa shape index (κ1) is 23.2. The van der Waals surface area contributed by atoms with E-state index in [1.54, 1.807) is 24.3 Å². The highest BCUT2D eigenvalue weighted by Crippen LogP contribution is 2.27. The molecule has 1 heterocycles. The van der Waals surface area contributed by atoms with E-state index in [9.17, 15) is 18.0 Å². The van der Waals surface area contributed by atoms with Gasteiger partial charge in [0.05, 0.1) is 4.90 Å². The van der Waals surface area contributed by atoms with E-state index in [1.807, 2.05) is 19.1 Å². The molecule has 0 saturated carbocycles. The van der Waals surface area contributed by atoms with Gasteiger partial charge in [-0.15, -0.1) is 0 Å². The third kappa shape index (κ3) is 5.84. The van der Waals surface area contributed by atoms with E-state index in [-0.39, 0.29) is 17.5 Å². The van der Waals surface area contributed by atoms with Gasteiger partial charge in [-0.05, 0) is 62.1 Å². The summed E-state index contributed by atoms with van der Waals surface area (Å²) >= 11 is 5.88. The van der Waals surface area contributed by atoms with Gasteiger partial charge in [-0.1, -0.05) is 36.2 Å². The van der Waals surface area contributed by atoms with Crippen molar-refractivity contribution in [2.24, 2.45) is 0 Å². The Labute approximate surface area is 187 Å². The number of hydrogen-bond donors (Lipinski definition) is 2. The molecule has 2 aromatic rings. The van der Waals surface area contributed by atoms with Gasteiger partial charge in [0.2, 0.25) is 10.0 Å². The molecule has 2 aromatic carbocycles. The number of amides is 2. The minimum atomic E-state index is -3.66. The van der Waals surface area contributed by atoms with Crippen LogP contribution in [0.2, 0.25) is 5.02 Å². The smallest absolute Gasteiger partial charge is 0.313 e. The van der Waals surface area contributed by atoms with Crippen LogP contribution >= 0.6 is 11.6 Å². The Balaban J connectivity index is 1.58. The quantitative estimate of drug-likeness (QED) is 0.642. The van der Waals surface area contributed by atoms with Crippen molar-refractivity contribution in [1.82, 2.24) is 9.62 Å². The first-order valence-electron chi connectivity index (χ1n) is 10.2. The summed E-state index contributed by atoms with van der Waals surface area (Å²) in [5, 5.41) is 5.66. The number of halogens is 1. The summed E-state index contributed by atoms with van der Waals surface area (Å²) < 4.78 is 27.7. The van der Waals surface area contributed by atoms with Crippen LogP contribution in [0.25, 0.3) is 0 Å². The van der Waals surface area contributed by atoms with Crippen molar-refractivity contribution in [3.63, 3.8) is 0 Å². The van der Waals surface area contributed by atoms with Gasteiger partial charge in [-0.2, -0.15) is 4.31 Å². The number of carbonyl (C=O) groups excluding carboxylic acids is 2. The van der Waals surface area contributed by atoms with Gasteiger partial charge in [0.15, 0.2) is 0 Å². The number of sulfonamides is 1. The third-order valence-corrected chi connectivity index (χ3v) is 7.57. The molecule has 1 fully saturated rings. The third-order valence-electron chi connectivity index (χ3n) is 5.36. The second-order valence-electron chi connectivity index (χ2n) is 7.53. The van der Waals surface area contributed by atoms with Crippen LogP contribution in [0.15, 0.2) is 53.4 Å². The molecule has 0 aromatic heterocycles. The summed E-state index contributed by atoms with van der Waals surface area (Å²) in [6.45, 7) is 2.47. The molecular formula is C22H26ClN3O4S. The summed E-state index contributed by atoms with van der Waals surface area (Å²) in [5.74, 6) is -1.49. The topological polar surface area (TPSA) is 95.6 Å². The zero-order valence-corrected chi connectivity index (χ0v) is 18.9. The highest BCUT2D eigenvalue weighted by molar-refractivity contribution is 7.89. The molecule has 0 spiro atoms. The van der Waals surface area contributed by atoms with Crippen molar-refractivity contribution in [3.8, 4) is 0 Å². The fourth-order valence-corrected chi connectivity index (χ4v) is 5.50. The Morgan fingerprint density at radius 3 is 2.48 bits per heavy atom. The molecule has 0 aliphatic carbocycles. The normalized spacial score (nSPS) is 17.2. The standard InChI is InChI=1S/C22H26ClN3O4S/c1-16-6-2-3-8-20(16)25-22(28)21(27)24-14-13-18-7-4-5-15-26(18)31(29,30)19-11-9-17(23)10-12-19/h2-3,6,8-12,18H,4-5,7,13-15H2,1H3,(H,24,27)(H,25,28)/t18-/m1/s1. The van der Waals surface area contributed by atoms with Gasteiger partial charge < -0.3 is 10.6 Å². The molecule has 3 rings (SSSR count). The van der Waals surface area contributed by atoms with Crippen LogP contribution in [0.3, 0.4) is 0 Å². The number of anilines is 1. The largest absolute Gasteiger partial charge is 0.348 e. The summed E-state index contributed by atoms with van der Waals surface area (Å²) in [4.78, 5) is 24.5. The minimum absolute atomic E-state index is 0.199. The average molecular weight is 464 g/mol. The van der Waals surface area contributed by atoms with Gasteiger partial charge in [0.25, 0.3) is 0 Å². The molecule has 0 radical (unpaired) electrons. The fourth-order valence-electron chi connectivity index (χ4n) is 3.65. The Kier molecular flexibility index (Phi) is 7.69. The first-order valence-corrected chi connectivity index (χ1v) is 12.0. The number of piperidine rings is 1. The van der Waals surface area contributed by atoms with Crippen molar-refractivity contribution in [1.29, 1.82) is 0 Å². The Bertz CT molecular complexity index is 1040. The van der Waals surface area contributed by atoms with Crippen LogP contribution in [0.5, 0.6) is 0 Å². The van der Waals surface area contributed by atoms with Crippen LogP contribution in [-0.2, 0) is 19.6 Å². The molecule has 1 saturated heterocycles. The monoisotopic (exact) mass is 463 g/mol. The van der Waals surface area contributed by atoms with Crippen molar-refractivity contribution in [2.75, 3.05) is 18.4 Å². The fraction of sp³-hybridized carbons (Fsp3) is 0.364. The maximum Gasteiger partial charge on any atom is 0.313 e. The highest BCUT2D eigenvalue weighted by Gasteiger charge is 2.33. The predicted molar refractivity (Wildman–Crippen MR) is 120 cm³/mol. The van der Waals surface area contributed by atoms with E-state index in [0.29, 0.717) is 30.1 Å². The van der Waals surface area contributed by atoms with Gasteiger partial charge in [-0.25, -0.2) is 8.42 Å². The van der Waals surface area contributed by atoms with E-state index in [4.69, 9.17) is 11.6 Å². The maximum absolute atomic E-state index is 13.1. The molecule has 2 amide bonds. The van der Waals surface area contributed by atoms with E-state index >= 15 is 0 Å². The van der Waals surface area contributed by atoms with Gasteiger partial charge in [-0.3, -0.25) is 9.59 Å². The van der Waals surface area contributed by atoms with Crippen LogP contribution < -0.4 is 10.6 Å². The van der Waals surface area contributed by atoms with Gasteiger partial charge >= 0.3 is 11.8 Å². The Morgan fingerprint density at radius 1 is 1.06 bits per heavy atom. The van der Waals surface area contributed by atoms with Crippen molar-refractivity contribution >= 4 is 39.1 Å². The lowest BCUT2D eigenvalue weighted by Gasteiger charge is -2.34. The molecule has 9 heteroatoms. The molecule has 1 aliphatic rings. The summed E-state index contributed by atoms with van der Waals surface area (Å²) in [6.07, 6.45) is 2.84. The van der Waals surface area contributed by atoms with E-state index in [0.717, 1.165) is 18.4 Å². The number of hydrogen-bond acceptors (Lipinski definition) is 4. The number of carbonyl (C=O) groups is 2.